The van der Waals surface area contributed by atoms with Gasteiger partial charge in [0.1, 0.15) is 13.2 Å². The van der Waals surface area contributed by atoms with Crippen molar-refractivity contribution in [1.29, 1.82) is 0 Å². The van der Waals surface area contributed by atoms with Crippen LogP contribution in [0.4, 0.5) is 0 Å². The van der Waals surface area contributed by atoms with Gasteiger partial charge in [-0.05, 0) is 89.9 Å². The molecule has 0 heterocycles. The number of carbonyl (C=O) groups excluding carboxylic acids is 2. The third kappa shape index (κ3) is 58.0. The SMILES string of the molecule is CC/C=C\C/C=C\C/C=C\C/C=C\C/C=C\CCCCCCCCCCCCCCCC(=O)OC(COC(=O)CCCCCCCCCCC/C=C\C/C=C\CCCCCCC)COC(OCC[N+](C)(C)C)C(=O)O. The molecular weight excluding hydrogens is 935 g/mol. The van der Waals surface area contributed by atoms with Gasteiger partial charge in [-0.3, -0.25) is 9.59 Å². The Hall–Kier alpha value is -3.53. The van der Waals surface area contributed by atoms with Gasteiger partial charge in [0.2, 0.25) is 0 Å². The Kier molecular flexibility index (Phi) is 54.0. The van der Waals surface area contributed by atoms with E-state index in [9.17, 15) is 19.5 Å². The lowest BCUT2D eigenvalue weighted by Crippen LogP contribution is -2.40. The van der Waals surface area contributed by atoms with Crippen molar-refractivity contribution in [3.8, 4) is 0 Å². The first-order chi connectivity index (χ1) is 36.6. The molecule has 0 saturated carbocycles. The van der Waals surface area contributed by atoms with Crippen LogP contribution in [-0.2, 0) is 33.3 Å². The molecule has 0 saturated heterocycles. The minimum absolute atomic E-state index is 0.184. The zero-order chi connectivity index (χ0) is 54.8. The predicted molar refractivity (Wildman–Crippen MR) is 318 cm³/mol. The molecule has 9 heteroatoms. The number of likely N-dealkylation sites (N-methyl/N-ethyl adjacent to an activating group) is 1. The summed E-state index contributed by atoms with van der Waals surface area (Å²) in [6, 6.07) is 0. The van der Waals surface area contributed by atoms with Gasteiger partial charge in [0.15, 0.2) is 6.10 Å². The van der Waals surface area contributed by atoms with Crippen LogP contribution in [0.1, 0.15) is 258 Å². The molecule has 0 aromatic carbocycles. The number of ether oxygens (including phenoxy) is 4. The second kappa shape index (κ2) is 56.7. The van der Waals surface area contributed by atoms with Crippen LogP contribution in [0.2, 0.25) is 0 Å². The van der Waals surface area contributed by atoms with Gasteiger partial charge in [-0.1, -0.05) is 240 Å². The Morgan fingerprint density at radius 3 is 1.13 bits per heavy atom. The summed E-state index contributed by atoms with van der Waals surface area (Å²) in [4.78, 5) is 37.5. The van der Waals surface area contributed by atoms with Gasteiger partial charge in [0.05, 0.1) is 34.4 Å². The molecule has 0 radical (unpaired) electrons. The van der Waals surface area contributed by atoms with Crippen molar-refractivity contribution in [2.75, 3.05) is 47.5 Å². The highest BCUT2D eigenvalue weighted by molar-refractivity contribution is 5.71. The molecule has 0 spiro atoms. The molecule has 0 aromatic heterocycles. The summed E-state index contributed by atoms with van der Waals surface area (Å²) in [6.45, 7) is 4.76. The molecule has 0 aliphatic rings. The van der Waals surface area contributed by atoms with Gasteiger partial charge in [-0.15, -0.1) is 0 Å². The molecule has 75 heavy (non-hydrogen) atoms. The van der Waals surface area contributed by atoms with E-state index in [0.29, 0.717) is 23.9 Å². The first-order valence-corrected chi connectivity index (χ1v) is 30.8. The predicted octanol–water partition coefficient (Wildman–Crippen LogP) is 18.3. The van der Waals surface area contributed by atoms with E-state index in [4.69, 9.17) is 18.9 Å². The van der Waals surface area contributed by atoms with Gasteiger partial charge in [0.25, 0.3) is 6.29 Å². The zero-order valence-electron chi connectivity index (χ0n) is 49.2. The number of quaternary nitrogens is 1. The van der Waals surface area contributed by atoms with Crippen LogP contribution < -0.4 is 0 Å². The Morgan fingerprint density at radius 2 is 0.760 bits per heavy atom. The maximum Gasteiger partial charge on any atom is 0.361 e. The first kappa shape index (κ1) is 71.5. The molecule has 0 aliphatic carbocycles. The largest absolute Gasteiger partial charge is 0.477 e. The summed E-state index contributed by atoms with van der Waals surface area (Å²) >= 11 is 0. The molecule has 0 rings (SSSR count). The third-order valence-electron chi connectivity index (χ3n) is 13.1. The molecular formula is C66H116NO8+. The van der Waals surface area contributed by atoms with Gasteiger partial charge >= 0.3 is 17.9 Å². The maximum atomic E-state index is 12.9. The number of carboxylic acid groups (broad SMARTS) is 1. The fourth-order valence-electron chi connectivity index (χ4n) is 8.42. The second-order valence-corrected chi connectivity index (χ2v) is 21.6. The van der Waals surface area contributed by atoms with Gasteiger partial charge in [0, 0.05) is 12.8 Å². The Labute approximate surface area is 461 Å². The number of allylic oxidation sites excluding steroid dienone is 14. The van der Waals surface area contributed by atoms with Crippen molar-refractivity contribution in [2.45, 2.75) is 270 Å². The van der Waals surface area contributed by atoms with E-state index in [0.717, 1.165) is 77.0 Å². The van der Waals surface area contributed by atoms with E-state index in [1.54, 1.807) is 0 Å². The molecule has 432 valence electrons. The van der Waals surface area contributed by atoms with Gasteiger partial charge in [-0.2, -0.15) is 0 Å². The van der Waals surface area contributed by atoms with Crippen molar-refractivity contribution in [1.82, 2.24) is 0 Å². The Balaban J connectivity index is 4.21. The van der Waals surface area contributed by atoms with Crippen LogP contribution in [0, 0.1) is 0 Å². The lowest BCUT2D eigenvalue weighted by molar-refractivity contribution is -0.870. The lowest BCUT2D eigenvalue weighted by Gasteiger charge is -2.25. The molecule has 0 amide bonds. The van der Waals surface area contributed by atoms with Crippen molar-refractivity contribution < 1.29 is 42.9 Å². The van der Waals surface area contributed by atoms with Gasteiger partial charge in [-0.25, -0.2) is 4.79 Å². The minimum atomic E-state index is -1.51. The number of esters is 2. The van der Waals surface area contributed by atoms with Crippen LogP contribution in [0.3, 0.4) is 0 Å². The van der Waals surface area contributed by atoms with Crippen LogP contribution in [-0.4, -0.2) is 87.4 Å². The fraction of sp³-hybridized carbons (Fsp3) is 0.742. The van der Waals surface area contributed by atoms with E-state index in [1.165, 1.54) is 148 Å². The van der Waals surface area contributed by atoms with Gasteiger partial charge < -0.3 is 28.5 Å². The highest BCUT2D eigenvalue weighted by Gasteiger charge is 2.25. The fourth-order valence-corrected chi connectivity index (χ4v) is 8.42. The van der Waals surface area contributed by atoms with E-state index >= 15 is 0 Å². The quantitative estimate of drug-likeness (QED) is 0.0211. The van der Waals surface area contributed by atoms with E-state index in [1.807, 2.05) is 21.1 Å². The highest BCUT2D eigenvalue weighted by Crippen LogP contribution is 2.16. The average Bonchev–Trinajstić information content (AvgIpc) is 3.38. The van der Waals surface area contributed by atoms with Crippen LogP contribution in [0.15, 0.2) is 85.1 Å². The smallest absolute Gasteiger partial charge is 0.361 e. The maximum absolute atomic E-state index is 12.9. The monoisotopic (exact) mass is 1050 g/mol. The number of nitrogens with zero attached hydrogens (tertiary/aromatic N) is 1. The first-order valence-electron chi connectivity index (χ1n) is 30.8. The van der Waals surface area contributed by atoms with E-state index in [2.05, 4.69) is 98.9 Å². The summed E-state index contributed by atoms with van der Waals surface area (Å²) in [5.74, 6) is -2.01. The van der Waals surface area contributed by atoms with Crippen molar-refractivity contribution in [3.05, 3.63) is 85.1 Å². The highest BCUT2D eigenvalue weighted by atomic mass is 16.7. The molecule has 1 N–H and O–H groups in total. The molecule has 0 bridgehead atoms. The van der Waals surface area contributed by atoms with Crippen LogP contribution in [0.25, 0.3) is 0 Å². The summed E-state index contributed by atoms with van der Waals surface area (Å²) in [6.07, 6.45) is 72.3. The standard InChI is InChI=1S/C66H115NO8/c1-6-8-10-12-14-16-18-20-22-24-26-28-29-30-31-32-33-34-35-37-39-41-43-45-47-49-51-53-55-57-64(69)75-62(61-74-66(65(70)71)72-59-58-67(3,4)5)60-73-63(68)56-54-52-50-48-46-44-42-40-38-36-27-25-23-21-19-17-15-13-11-9-7-2/h8,10,14,16,19-22,25-28,30-31,62,66H,6-7,9,11-13,15,17-18,23-24,29,32-61H2,1-5H3/p+1/b10-8-,16-14-,21-19-,22-20-,27-25-,28-26-,31-30-. The molecule has 2 unspecified atom stereocenters. The van der Waals surface area contributed by atoms with E-state index < -0.39 is 24.3 Å². The number of carbonyl (C=O) groups is 3. The Bertz CT molecular complexity index is 1500. The van der Waals surface area contributed by atoms with Crippen molar-refractivity contribution in [3.63, 3.8) is 0 Å². The number of carboxylic acids is 1. The summed E-state index contributed by atoms with van der Waals surface area (Å²) in [5, 5.41) is 9.72. The minimum Gasteiger partial charge on any atom is -0.477 e. The molecule has 2 atom stereocenters. The number of hydrogen-bond donors (Lipinski definition) is 1. The van der Waals surface area contributed by atoms with E-state index in [-0.39, 0.29) is 32.2 Å². The van der Waals surface area contributed by atoms with Crippen molar-refractivity contribution in [2.24, 2.45) is 0 Å². The summed E-state index contributed by atoms with van der Waals surface area (Å²) in [5.41, 5.74) is 0. The molecule has 9 nitrogen and oxygen atoms in total. The molecule has 0 aromatic rings. The second-order valence-electron chi connectivity index (χ2n) is 21.6. The molecule has 0 aliphatic heterocycles. The van der Waals surface area contributed by atoms with Crippen LogP contribution in [0.5, 0.6) is 0 Å². The summed E-state index contributed by atoms with van der Waals surface area (Å²) in [7, 11) is 5.97. The third-order valence-corrected chi connectivity index (χ3v) is 13.1. The Morgan fingerprint density at radius 1 is 0.413 bits per heavy atom. The number of unbranched alkanes of at least 4 members (excludes halogenated alkanes) is 27. The average molecular weight is 1050 g/mol. The lowest BCUT2D eigenvalue weighted by atomic mass is 10.0. The molecule has 0 fully saturated rings. The van der Waals surface area contributed by atoms with Crippen molar-refractivity contribution >= 4 is 17.9 Å². The zero-order valence-corrected chi connectivity index (χ0v) is 49.2. The number of aliphatic carboxylic acids is 1. The normalized spacial score (nSPS) is 13.3. The number of rotatable bonds is 56. The summed E-state index contributed by atoms with van der Waals surface area (Å²) < 4.78 is 22.9. The number of hydrogen-bond acceptors (Lipinski definition) is 7. The topological polar surface area (TPSA) is 108 Å². The van der Waals surface area contributed by atoms with Crippen LogP contribution >= 0.6 is 0 Å².